The minimum Gasteiger partial charge on any atom is -0.497 e. The number of methoxy groups -OCH3 is 1. The fourth-order valence-electron chi connectivity index (χ4n) is 3.87. The van der Waals surface area contributed by atoms with Crippen LogP contribution in [0, 0.1) is 0 Å². The third kappa shape index (κ3) is 2.80. The van der Waals surface area contributed by atoms with Crippen LogP contribution in [0.2, 0.25) is 0 Å². The number of fused-ring (bicyclic) bond motifs is 3. The molecule has 0 fully saturated rings. The van der Waals surface area contributed by atoms with Gasteiger partial charge < -0.3 is 4.74 Å². The molecule has 8 heteroatoms. The van der Waals surface area contributed by atoms with Crippen LogP contribution in [-0.4, -0.2) is 27.8 Å². The van der Waals surface area contributed by atoms with Crippen LogP contribution >= 0.6 is 0 Å². The molecule has 1 N–H and O–H groups in total. The summed E-state index contributed by atoms with van der Waals surface area (Å²) >= 11 is 0. The zero-order valence-electron chi connectivity index (χ0n) is 16.6. The van der Waals surface area contributed by atoms with Crippen LogP contribution < -0.4 is 25.5 Å². The summed E-state index contributed by atoms with van der Waals surface area (Å²) in [4.78, 5) is 31.3. The maximum Gasteiger partial charge on any atom is 0.364 e. The molecule has 148 valence electrons. The number of aromatic nitrogens is 4. The predicted molar refractivity (Wildman–Crippen MR) is 108 cm³/mol. The lowest BCUT2D eigenvalue weighted by Gasteiger charge is -2.22. The van der Waals surface area contributed by atoms with Gasteiger partial charge in [-0.15, -0.1) is 0 Å². The van der Waals surface area contributed by atoms with Crippen molar-refractivity contribution in [2.45, 2.75) is 39.3 Å². The van der Waals surface area contributed by atoms with Crippen molar-refractivity contribution in [2.24, 2.45) is 7.05 Å². The SMILES string of the molecule is CCCCn1c(=O)c2c([nH]c3[n+]2CCCN3c2ccc(OC)cc2)n(C)c1=O. The van der Waals surface area contributed by atoms with E-state index in [4.69, 9.17) is 4.74 Å². The Morgan fingerprint density at radius 3 is 2.64 bits per heavy atom. The Labute approximate surface area is 162 Å². The van der Waals surface area contributed by atoms with E-state index in [2.05, 4.69) is 9.88 Å². The van der Waals surface area contributed by atoms with Crippen molar-refractivity contribution < 1.29 is 9.30 Å². The Balaban J connectivity index is 1.90. The molecule has 2 aromatic heterocycles. The number of rotatable bonds is 5. The molecule has 1 aromatic carbocycles. The number of aromatic amines is 1. The Morgan fingerprint density at radius 2 is 1.96 bits per heavy atom. The van der Waals surface area contributed by atoms with Gasteiger partial charge in [-0.3, -0.25) is 13.9 Å². The van der Waals surface area contributed by atoms with Gasteiger partial charge in [0.15, 0.2) is 0 Å². The molecule has 3 heterocycles. The zero-order chi connectivity index (χ0) is 19.8. The van der Waals surface area contributed by atoms with Crippen molar-refractivity contribution >= 4 is 22.8 Å². The van der Waals surface area contributed by atoms with E-state index < -0.39 is 0 Å². The Morgan fingerprint density at radius 1 is 1.21 bits per heavy atom. The fraction of sp³-hybridized carbons (Fsp3) is 0.450. The van der Waals surface area contributed by atoms with Gasteiger partial charge in [-0.2, -0.15) is 0 Å². The van der Waals surface area contributed by atoms with Crippen molar-refractivity contribution in [3.63, 3.8) is 0 Å². The fourth-order valence-corrected chi connectivity index (χ4v) is 3.87. The number of aryl methyl sites for hydroxylation is 2. The lowest BCUT2D eigenvalue weighted by atomic mass is 10.2. The van der Waals surface area contributed by atoms with Gasteiger partial charge in [0.1, 0.15) is 11.4 Å². The molecule has 3 aromatic rings. The van der Waals surface area contributed by atoms with E-state index in [0.717, 1.165) is 49.7 Å². The molecule has 0 saturated heterocycles. The Hall–Kier alpha value is -3.03. The van der Waals surface area contributed by atoms with Crippen molar-refractivity contribution in [3.8, 4) is 5.75 Å². The monoisotopic (exact) mass is 384 g/mol. The van der Waals surface area contributed by atoms with Gasteiger partial charge in [0.05, 0.1) is 20.2 Å². The van der Waals surface area contributed by atoms with Crippen molar-refractivity contribution in [3.05, 3.63) is 45.1 Å². The van der Waals surface area contributed by atoms with Crippen molar-refractivity contribution in [1.82, 2.24) is 14.1 Å². The van der Waals surface area contributed by atoms with Crippen LogP contribution in [0.1, 0.15) is 26.2 Å². The standard InChI is InChI=1S/C20H25N5O3/c1-4-5-11-25-18(26)16-17(22(2)20(25)27)21-19-23(12-6-13-24(16)19)14-7-9-15(28-3)10-8-14/h7-10H,4-6,11-13H2,1-3H3/p+1. The number of nitrogens with one attached hydrogen (secondary N) is 1. The number of unbranched alkanes of at least 4 members (excludes halogenated alkanes) is 1. The average molecular weight is 384 g/mol. The second-order valence-corrected chi connectivity index (χ2v) is 7.15. The van der Waals surface area contributed by atoms with Crippen molar-refractivity contribution in [1.29, 1.82) is 0 Å². The minimum absolute atomic E-state index is 0.217. The average Bonchev–Trinajstić information content (AvgIpc) is 3.12. The molecular weight excluding hydrogens is 358 g/mol. The number of benzene rings is 1. The van der Waals surface area contributed by atoms with Gasteiger partial charge in [0.2, 0.25) is 11.2 Å². The van der Waals surface area contributed by atoms with E-state index in [0.29, 0.717) is 17.7 Å². The minimum atomic E-state index is -0.277. The van der Waals surface area contributed by atoms with E-state index in [-0.39, 0.29) is 11.2 Å². The molecule has 28 heavy (non-hydrogen) atoms. The highest BCUT2D eigenvalue weighted by molar-refractivity contribution is 5.70. The maximum atomic E-state index is 13.1. The smallest absolute Gasteiger partial charge is 0.364 e. The molecule has 0 radical (unpaired) electrons. The number of hydrogen-bond donors (Lipinski definition) is 1. The van der Waals surface area contributed by atoms with Gasteiger partial charge >= 0.3 is 11.6 Å². The molecule has 0 atom stereocenters. The molecule has 0 amide bonds. The molecule has 0 aliphatic carbocycles. The highest BCUT2D eigenvalue weighted by Crippen LogP contribution is 2.27. The molecule has 4 rings (SSSR count). The predicted octanol–water partition coefficient (Wildman–Crippen LogP) is 1.67. The Bertz CT molecular complexity index is 1120. The molecule has 1 aliphatic heterocycles. The highest BCUT2D eigenvalue weighted by Gasteiger charge is 2.33. The lowest BCUT2D eigenvalue weighted by Crippen LogP contribution is -2.49. The number of H-pyrrole nitrogens is 1. The number of anilines is 2. The molecule has 0 spiro atoms. The van der Waals surface area contributed by atoms with Crippen LogP contribution in [0.3, 0.4) is 0 Å². The molecule has 0 bridgehead atoms. The van der Waals surface area contributed by atoms with Crippen LogP contribution in [0.4, 0.5) is 11.6 Å². The second-order valence-electron chi connectivity index (χ2n) is 7.15. The first kappa shape index (κ1) is 18.3. The van der Waals surface area contributed by atoms with Gasteiger partial charge in [-0.05, 0) is 30.7 Å². The quantitative estimate of drug-likeness (QED) is 0.679. The van der Waals surface area contributed by atoms with E-state index in [1.54, 1.807) is 18.7 Å². The molecular formula is C20H26N5O3+. The van der Waals surface area contributed by atoms with Gasteiger partial charge in [0, 0.05) is 20.0 Å². The summed E-state index contributed by atoms with van der Waals surface area (Å²) in [5, 5.41) is 0. The number of imidazole rings is 1. The topological polar surface area (TPSA) is 76.1 Å². The summed E-state index contributed by atoms with van der Waals surface area (Å²) in [6.45, 7) is 4.06. The first-order valence-corrected chi connectivity index (χ1v) is 9.73. The van der Waals surface area contributed by atoms with Crippen LogP contribution in [-0.2, 0) is 20.1 Å². The van der Waals surface area contributed by atoms with Gasteiger partial charge in [-0.25, -0.2) is 19.2 Å². The van der Waals surface area contributed by atoms with Crippen molar-refractivity contribution in [2.75, 3.05) is 18.6 Å². The normalized spacial score (nSPS) is 13.8. The summed E-state index contributed by atoms with van der Waals surface area (Å²) < 4.78 is 10.2. The number of ether oxygens (including phenoxy) is 1. The van der Waals surface area contributed by atoms with E-state index in [9.17, 15) is 9.59 Å². The van der Waals surface area contributed by atoms with Crippen LogP contribution in [0.5, 0.6) is 5.75 Å². The van der Waals surface area contributed by atoms with Crippen LogP contribution in [0.25, 0.3) is 11.2 Å². The largest absolute Gasteiger partial charge is 0.497 e. The van der Waals surface area contributed by atoms with Gasteiger partial charge in [0.25, 0.3) is 5.56 Å². The Kier molecular flexibility index (Phi) is 4.70. The molecule has 1 aliphatic rings. The van der Waals surface area contributed by atoms with E-state index in [1.807, 2.05) is 35.8 Å². The summed E-state index contributed by atoms with van der Waals surface area (Å²) in [6, 6.07) is 7.84. The number of nitrogens with zero attached hydrogens (tertiary/aromatic N) is 4. The second kappa shape index (κ2) is 7.18. The van der Waals surface area contributed by atoms with Crippen LogP contribution in [0.15, 0.2) is 33.9 Å². The summed E-state index contributed by atoms with van der Waals surface area (Å²) in [5.74, 6) is 1.62. The molecule has 8 nitrogen and oxygen atoms in total. The zero-order valence-corrected chi connectivity index (χ0v) is 16.6. The lowest BCUT2D eigenvalue weighted by molar-refractivity contribution is -0.663. The first-order chi connectivity index (χ1) is 13.6. The third-order valence-corrected chi connectivity index (χ3v) is 5.42. The third-order valence-electron chi connectivity index (χ3n) is 5.42. The summed E-state index contributed by atoms with van der Waals surface area (Å²) in [6.07, 6.45) is 2.64. The molecule has 0 unspecified atom stereocenters. The van der Waals surface area contributed by atoms with E-state index in [1.165, 1.54) is 4.57 Å². The maximum absolute atomic E-state index is 13.1. The molecule has 0 saturated carbocycles. The number of hydrogen-bond acceptors (Lipinski definition) is 4. The summed E-state index contributed by atoms with van der Waals surface area (Å²) in [7, 11) is 3.36. The highest BCUT2D eigenvalue weighted by atomic mass is 16.5. The summed E-state index contributed by atoms with van der Waals surface area (Å²) in [5.41, 5.74) is 1.65. The van der Waals surface area contributed by atoms with E-state index >= 15 is 0 Å². The first-order valence-electron chi connectivity index (χ1n) is 9.73. The van der Waals surface area contributed by atoms with Gasteiger partial charge in [-0.1, -0.05) is 13.3 Å².